The third kappa shape index (κ3) is 5.77. The van der Waals surface area contributed by atoms with Crippen LogP contribution in [-0.2, 0) is 9.53 Å². The zero-order chi connectivity index (χ0) is 18.9. The lowest BCUT2D eigenvalue weighted by Crippen LogP contribution is -2.30. The van der Waals surface area contributed by atoms with Crippen molar-refractivity contribution >= 4 is 29.2 Å². The van der Waals surface area contributed by atoms with E-state index in [4.69, 9.17) is 21.1 Å². The Hall–Kier alpha value is -2.53. The highest BCUT2D eigenvalue weighted by Gasteiger charge is 2.19. The lowest BCUT2D eigenvalue weighted by Gasteiger charge is -2.14. The fourth-order valence-corrected chi connectivity index (χ4v) is 2.28. The van der Waals surface area contributed by atoms with Crippen molar-refractivity contribution in [2.24, 2.45) is 0 Å². The standard InChI is InChI=1S/C20H22ClNO4/c1-3-4-13-25-16-11-9-15(10-12-16)20(24)26-14(2)19(23)22-18-8-6-5-7-17(18)21/h5-12,14H,3-4,13H2,1-2H3,(H,22,23). The zero-order valence-corrected chi connectivity index (χ0v) is 15.6. The molecule has 0 aromatic heterocycles. The van der Waals surface area contributed by atoms with Gasteiger partial charge in [0.25, 0.3) is 5.91 Å². The van der Waals surface area contributed by atoms with Crippen LogP contribution in [0, 0.1) is 0 Å². The van der Waals surface area contributed by atoms with Crippen molar-refractivity contribution in [1.82, 2.24) is 0 Å². The van der Waals surface area contributed by atoms with Gasteiger partial charge in [0.2, 0.25) is 0 Å². The number of nitrogens with one attached hydrogen (secondary N) is 1. The maximum Gasteiger partial charge on any atom is 0.338 e. The summed E-state index contributed by atoms with van der Waals surface area (Å²) in [6, 6.07) is 13.5. The molecule has 6 heteroatoms. The lowest BCUT2D eigenvalue weighted by atomic mass is 10.2. The van der Waals surface area contributed by atoms with E-state index in [1.54, 1.807) is 48.5 Å². The van der Waals surface area contributed by atoms with Gasteiger partial charge in [0.1, 0.15) is 5.75 Å². The third-order valence-electron chi connectivity index (χ3n) is 3.64. The summed E-state index contributed by atoms with van der Waals surface area (Å²) in [4.78, 5) is 24.3. The van der Waals surface area contributed by atoms with Crippen LogP contribution in [0.3, 0.4) is 0 Å². The average Bonchev–Trinajstić information content (AvgIpc) is 2.64. The average molecular weight is 376 g/mol. The molecule has 1 N–H and O–H groups in total. The lowest BCUT2D eigenvalue weighted by molar-refractivity contribution is -0.123. The summed E-state index contributed by atoms with van der Waals surface area (Å²) in [6.07, 6.45) is 1.07. The number of halogens is 1. The van der Waals surface area contributed by atoms with E-state index in [-0.39, 0.29) is 0 Å². The Kier molecular flexibility index (Phi) is 7.48. The number of hydrogen-bond acceptors (Lipinski definition) is 4. The first-order valence-corrected chi connectivity index (χ1v) is 8.88. The van der Waals surface area contributed by atoms with E-state index < -0.39 is 18.0 Å². The van der Waals surface area contributed by atoms with Crippen LogP contribution in [0.15, 0.2) is 48.5 Å². The van der Waals surface area contributed by atoms with Crippen molar-refractivity contribution in [3.63, 3.8) is 0 Å². The Morgan fingerprint density at radius 1 is 1.12 bits per heavy atom. The highest BCUT2D eigenvalue weighted by Crippen LogP contribution is 2.21. The van der Waals surface area contributed by atoms with Crippen molar-refractivity contribution in [1.29, 1.82) is 0 Å². The predicted octanol–water partition coefficient (Wildman–Crippen LogP) is 4.70. The summed E-state index contributed by atoms with van der Waals surface area (Å²) in [6.45, 7) is 4.23. The van der Waals surface area contributed by atoms with Crippen molar-refractivity contribution in [3.8, 4) is 5.75 Å². The molecule has 0 saturated carbocycles. The molecule has 2 aromatic carbocycles. The molecule has 1 unspecified atom stereocenters. The molecule has 0 aliphatic heterocycles. The Labute approximate surface area is 158 Å². The molecule has 138 valence electrons. The molecule has 1 atom stereocenters. The molecule has 5 nitrogen and oxygen atoms in total. The Balaban J connectivity index is 1.89. The van der Waals surface area contributed by atoms with Gasteiger partial charge in [-0.15, -0.1) is 0 Å². The number of anilines is 1. The van der Waals surface area contributed by atoms with Gasteiger partial charge >= 0.3 is 5.97 Å². The number of para-hydroxylation sites is 1. The quantitative estimate of drug-likeness (QED) is 0.536. The monoisotopic (exact) mass is 375 g/mol. The molecule has 0 saturated heterocycles. The molecule has 0 heterocycles. The Morgan fingerprint density at radius 2 is 1.81 bits per heavy atom. The molecule has 1 amide bonds. The number of unbranched alkanes of at least 4 members (excludes halogenated alkanes) is 1. The highest BCUT2D eigenvalue weighted by molar-refractivity contribution is 6.33. The van der Waals surface area contributed by atoms with Crippen LogP contribution in [0.4, 0.5) is 5.69 Å². The van der Waals surface area contributed by atoms with Crippen LogP contribution in [-0.4, -0.2) is 24.6 Å². The number of hydrogen-bond donors (Lipinski definition) is 1. The van der Waals surface area contributed by atoms with E-state index in [0.717, 1.165) is 12.8 Å². The van der Waals surface area contributed by atoms with Gasteiger partial charge in [-0.2, -0.15) is 0 Å². The van der Waals surface area contributed by atoms with E-state index in [0.29, 0.717) is 28.6 Å². The summed E-state index contributed by atoms with van der Waals surface area (Å²) in [5.41, 5.74) is 0.820. The number of carbonyl (C=O) groups excluding carboxylic acids is 2. The summed E-state index contributed by atoms with van der Waals surface area (Å²) >= 11 is 6.00. The van der Waals surface area contributed by atoms with Crippen LogP contribution in [0.2, 0.25) is 5.02 Å². The predicted molar refractivity (Wildman–Crippen MR) is 102 cm³/mol. The summed E-state index contributed by atoms with van der Waals surface area (Å²) in [5.74, 6) is -0.336. The van der Waals surface area contributed by atoms with Crippen molar-refractivity contribution in [2.45, 2.75) is 32.8 Å². The van der Waals surface area contributed by atoms with Gasteiger partial charge in [0.15, 0.2) is 6.10 Å². The van der Waals surface area contributed by atoms with E-state index in [9.17, 15) is 9.59 Å². The second-order valence-corrected chi connectivity index (χ2v) is 6.15. The number of rotatable bonds is 8. The minimum absolute atomic E-state index is 0.352. The van der Waals surface area contributed by atoms with Crippen molar-refractivity contribution in [2.75, 3.05) is 11.9 Å². The normalized spacial score (nSPS) is 11.5. The largest absolute Gasteiger partial charge is 0.494 e. The summed E-state index contributed by atoms with van der Waals surface area (Å²) in [5, 5.41) is 3.05. The van der Waals surface area contributed by atoms with Crippen LogP contribution in [0.25, 0.3) is 0 Å². The van der Waals surface area contributed by atoms with Crippen LogP contribution >= 0.6 is 11.6 Å². The van der Waals surface area contributed by atoms with Gasteiger partial charge in [-0.3, -0.25) is 4.79 Å². The second-order valence-electron chi connectivity index (χ2n) is 5.74. The third-order valence-corrected chi connectivity index (χ3v) is 3.97. The molecular formula is C20H22ClNO4. The molecule has 0 aliphatic rings. The number of amides is 1. The number of carbonyl (C=O) groups is 2. The smallest absolute Gasteiger partial charge is 0.338 e. The van der Waals surface area contributed by atoms with E-state index in [1.165, 1.54) is 6.92 Å². The topological polar surface area (TPSA) is 64.6 Å². The van der Waals surface area contributed by atoms with Crippen molar-refractivity contribution < 1.29 is 19.1 Å². The Bertz CT molecular complexity index is 746. The van der Waals surface area contributed by atoms with Crippen molar-refractivity contribution in [3.05, 3.63) is 59.1 Å². The fraction of sp³-hybridized carbons (Fsp3) is 0.300. The Morgan fingerprint density at radius 3 is 2.46 bits per heavy atom. The first kappa shape index (κ1) is 19.8. The molecule has 0 bridgehead atoms. The molecular weight excluding hydrogens is 354 g/mol. The summed E-state index contributed by atoms with van der Waals surface area (Å²) in [7, 11) is 0. The minimum Gasteiger partial charge on any atom is -0.494 e. The van der Waals surface area contributed by atoms with E-state index in [2.05, 4.69) is 12.2 Å². The highest BCUT2D eigenvalue weighted by atomic mass is 35.5. The van der Waals surface area contributed by atoms with Crippen LogP contribution in [0.5, 0.6) is 5.75 Å². The molecule has 0 spiro atoms. The van der Waals surface area contributed by atoms with Gasteiger partial charge in [-0.25, -0.2) is 4.79 Å². The van der Waals surface area contributed by atoms with Gasteiger partial charge in [-0.05, 0) is 49.7 Å². The number of esters is 1. The van der Waals surface area contributed by atoms with Gasteiger partial charge in [-0.1, -0.05) is 37.1 Å². The molecule has 0 fully saturated rings. The van der Waals surface area contributed by atoms with E-state index in [1.807, 2.05) is 0 Å². The fourth-order valence-electron chi connectivity index (χ4n) is 2.10. The first-order chi connectivity index (χ1) is 12.5. The minimum atomic E-state index is -0.959. The maximum atomic E-state index is 12.2. The zero-order valence-electron chi connectivity index (χ0n) is 14.8. The molecule has 2 rings (SSSR count). The van der Waals surface area contributed by atoms with Crippen LogP contribution in [0.1, 0.15) is 37.0 Å². The number of ether oxygens (including phenoxy) is 2. The van der Waals surface area contributed by atoms with Gasteiger partial charge < -0.3 is 14.8 Å². The number of benzene rings is 2. The second kappa shape index (κ2) is 9.82. The van der Waals surface area contributed by atoms with E-state index >= 15 is 0 Å². The molecule has 0 aliphatic carbocycles. The molecule has 26 heavy (non-hydrogen) atoms. The van der Waals surface area contributed by atoms with Gasteiger partial charge in [0.05, 0.1) is 22.9 Å². The SMILES string of the molecule is CCCCOc1ccc(C(=O)OC(C)C(=O)Nc2ccccc2Cl)cc1. The summed E-state index contributed by atoms with van der Waals surface area (Å²) < 4.78 is 10.8. The van der Waals surface area contributed by atoms with Crippen LogP contribution < -0.4 is 10.1 Å². The molecule has 0 radical (unpaired) electrons. The van der Waals surface area contributed by atoms with Gasteiger partial charge in [0, 0.05) is 0 Å². The maximum absolute atomic E-state index is 12.2. The first-order valence-electron chi connectivity index (χ1n) is 8.50. The molecule has 2 aromatic rings.